The van der Waals surface area contributed by atoms with Gasteiger partial charge >= 0.3 is 0 Å². The Labute approximate surface area is 61.9 Å². The number of benzene rings is 1. The average molecular weight is 129 g/mol. The van der Waals surface area contributed by atoms with Crippen LogP contribution in [0.1, 0.15) is 12.5 Å². The van der Waals surface area contributed by atoms with Crippen LogP contribution in [0.3, 0.4) is 0 Å². The van der Waals surface area contributed by atoms with Crippen molar-refractivity contribution >= 4 is 0 Å². The fourth-order valence-electron chi connectivity index (χ4n) is 0.705. The van der Waals surface area contributed by atoms with E-state index in [-0.39, 0.29) is 0 Å². The van der Waals surface area contributed by atoms with E-state index in [0.717, 1.165) is 5.56 Å². The molecule has 0 atom stereocenters. The summed E-state index contributed by atoms with van der Waals surface area (Å²) in [6.45, 7) is 1.83. The molecule has 0 bridgehead atoms. The molecule has 1 rings (SSSR count). The lowest BCUT2D eigenvalue weighted by Crippen LogP contribution is -1.74. The smallest absolute Gasteiger partial charge is 0.0630 e. The molecule has 0 aromatic heterocycles. The van der Waals surface area contributed by atoms with Crippen molar-refractivity contribution in [3.8, 4) is 11.8 Å². The largest absolute Gasteiger partial charge is 0.106 e. The molecule has 0 N–H and O–H groups in total. The lowest BCUT2D eigenvalue weighted by atomic mass is 10.2. The van der Waals surface area contributed by atoms with E-state index >= 15 is 0 Å². The maximum absolute atomic E-state index is 2.89. The third-order valence-corrected chi connectivity index (χ3v) is 1.18. The van der Waals surface area contributed by atoms with Gasteiger partial charge in [-0.05, 0) is 12.5 Å². The van der Waals surface area contributed by atoms with Crippen LogP contribution in [-0.4, -0.2) is 0 Å². The van der Waals surface area contributed by atoms with E-state index in [2.05, 4.69) is 11.8 Å². The number of hydrogen-bond acceptors (Lipinski definition) is 0. The third-order valence-electron chi connectivity index (χ3n) is 1.18. The predicted octanol–water partition coefficient (Wildman–Crippen LogP) is 2.26. The molecule has 0 saturated heterocycles. The maximum Gasteiger partial charge on any atom is 0.0630 e. The molecule has 0 heterocycles. The molecule has 1 aromatic rings. The van der Waals surface area contributed by atoms with Crippen LogP contribution in [0.15, 0.2) is 30.3 Å². The van der Waals surface area contributed by atoms with E-state index in [4.69, 9.17) is 0 Å². The molecule has 0 amide bonds. The first kappa shape index (κ1) is 6.89. The SMILES string of the molecule is CC#C[CH]c1ccccc1. The van der Waals surface area contributed by atoms with Crippen molar-refractivity contribution < 1.29 is 0 Å². The summed E-state index contributed by atoms with van der Waals surface area (Å²) in [6, 6.07) is 10.1. The summed E-state index contributed by atoms with van der Waals surface area (Å²) < 4.78 is 0. The summed E-state index contributed by atoms with van der Waals surface area (Å²) in [4.78, 5) is 0. The number of hydrogen-bond donors (Lipinski definition) is 0. The zero-order valence-electron chi connectivity index (χ0n) is 5.96. The highest BCUT2D eigenvalue weighted by atomic mass is 13.9. The molecule has 49 valence electrons. The number of rotatable bonds is 1. The van der Waals surface area contributed by atoms with Crippen molar-refractivity contribution in [2.75, 3.05) is 0 Å². The molecule has 0 saturated carbocycles. The van der Waals surface area contributed by atoms with Crippen LogP contribution in [-0.2, 0) is 0 Å². The Morgan fingerprint density at radius 1 is 1.20 bits per heavy atom. The molecule has 0 spiro atoms. The van der Waals surface area contributed by atoms with Crippen LogP contribution >= 0.6 is 0 Å². The second-order valence-corrected chi connectivity index (χ2v) is 1.95. The van der Waals surface area contributed by atoms with Crippen LogP contribution in [0.5, 0.6) is 0 Å². The van der Waals surface area contributed by atoms with Gasteiger partial charge in [0.1, 0.15) is 0 Å². The van der Waals surface area contributed by atoms with Crippen molar-refractivity contribution in [3.63, 3.8) is 0 Å². The van der Waals surface area contributed by atoms with Gasteiger partial charge in [0.15, 0.2) is 0 Å². The van der Waals surface area contributed by atoms with Gasteiger partial charge in [-0.1, -0.05) is 36.3 Å². The lowest BCUT2D eigenvalue weighted by Gasteiger charge is -1.89. The van der Waals surface area contributed by atoms with Gasteiger partial charge in [0.25, 0.3) is 0 Å². The first-order valence-electron chi connectivity index (χ1n) is 3.24. The standard InChI is InChI=1S/C10H9/c1-2-3-7-10-8-5-4-6-9-10/h4-9H,1H3. The van der Waals surface area contributed by atoms with Gasteiger partial charge < -0.3 is 0 Å². The Morgan fingerprint density at radius 2 is 1.90 bits per heavy atom. The molecule has 0 nitrogen and oxygen atoms in total. The zero-order valence-corrected chi connectivity index (χ0v) is 5.96. The molecular formula is C10H9. The minimum Gasteiger partial charge on any atom is -0.106 e. The highest BCUT2D eigenvalue weighted by Crippen LogP contribution is 1.99. The molecule has 0 fully saturated rings. The van der Waals surface area contributed by atoms with Gasteiger partial charge in [0.2, 0.25) is 0 Å². The van der Waals surface area contributed by atoms with Gasteiger partial charge in [-0.15, -0.1) is 5.92 Å². The predicted molar refractivity (Wildman–Crippen MR) is 43.3 cm³/mol. The lowest BCUT2D eigenvalue weighted by molar-refractivity contribution is 1.55. The fraction of sp³-hybridized carbons (Fsp3) is 0.100. The van der Waals surface area contributed by atoms with Crippen molar-refractivity contribution in [2.45, 2.75) is 6.92 Å². The maximum atomic E-state index is 2.89. The zero-order chi connectivity index (χ0) is 7.23. The second kappa shape index (κ2) is 3.74. The van der Waals surface area contributed by atoms with Gasteiger partial charge in [-0.2, -0.15) is 0 Å². The van der Waals surface area contributed by atoms with Crippen LogP contribution in [0.25, 0.3) is 0 Å². The van der Waals surface area contributed by atoms with E-state index in [1.54, 1.807) is 0 Å². The Kier molecular flexibility index (Phi) is 2.58. The molecule has 1 radical (unpaired) electrons. The minimum absolute atomic E-state index is 1.16. The fourth-order valence-corrected chi connectivity index (χ4v) is 0.705. The van der Waals surface area contributed by atoms with Crippen molar-refractivity contribution in [2.24, 2.45) is 0 Å². The molecule has 0 heteroatoms. The van der Waals surface area contributed by atoms with E-state index in [9.17, 15) is 0 Å². The second-order valence-electron chi connectivity index (χ2n) is 1.95. The Balaban J connectivity index is 2.64. The highest BCUT2D eigenvalue weighted by molar-refractivity contribution is 5.31. The summed E-state index contributed by atoms with van der Waals surface area (Å²) in [5, 5.41) is 0. The first-order chi connectivity index (χ1) is 4.93. The Bertz CT molecular complexity index is 236. The summed E-state index contributed by atoms with van der Waals surface area (Å²) in [6.07, 6.45) is 1.90. The van der Waals surface area contributed by atoms with Crippen molar-refractivity contribution in [1.82, 2.24) is 0 Å². The van der Waals surface area contributed by atoms with Gasteiger partial charge in [0.05, 0.1) is 6.42 Å². The van der Waals surface area contributed by atoms with E-state index in [1.165, 1.54) is 0 Å². The van der Waals surface area contributed by atoms with Crippen LogP contribution in [0.4, 0.5) is 0 Å². The van der Waals surface area contributed by atoms with Crippen LogP contribution < -0.4 is 0 Å². The topological polar surface area (TPSA) is 0 Å². The van der Waals surface area contributed by atoms with E-state index in [1.807, 2.05) is 43.7 Å². The average Bonchev–Trinajstić information content (AvgIpc) is 2.03. The monoisotopic (exact) mass is 129 g/mol. The molecule has 0 aliphatic heterocycles. The Hall–Kier alpha value is -1.22. The Morgan fingerprint density at radius 3 is 2.50 bits per heavy atom. The van der Waals surface area contributed by atoms with E-state index in [0.29, 0.717) is 0 Å². The van der Waals surface area contributed by atoms with Gasteiger partial charge in [0, 0.05) is 0 Å². The van der Waals surface area contributed by atoms with Gasteiger partial charge in [-0.3, -0.25) is 0 Å². The first-order valence-corrected chi connectivity index (χ1v) is 3.24. The summed E-state index contributed by atoms with van der Waals surface area (Å²) >= 11 is 0. The summed E-state index contributed by atoms with van der Waals surface area (Å²) in [5.41, 5.74) is 1.16. The highest BCUT2D eigenvalue weighted by Gasteiger charge is 1.83. The normalized spacial score (nSPS) is 8.10. The van der Waals surface area contributed by atoms with Gasteiger partial charge in [-0.25, -0.2) is 0 Å². The van der Waals surface area contributed by atoms with Crippen LogP contribution in [0, 0.1) is 18.3 Å². The van der Waals surface area contributed by atoms with E-state index < -0.39 is 0 Å². The summed E-state index contributed by atoms with van der Waals surface area (Å²) in [5.74, 6) is 5.70. The molecular weight excluding hydrogens is 120 g/mol. The minimum atomic E-state index is 1.16. The quantitative estimate of drug-likeness (QED) is 0.510. The molecule has 0 aliphatic rings. The van der Waals surface area contributed by atoms with Crippen LogP contribution in [0.2, 0.25) is 0 Å². The van der Waals surface area contributed by atoms with Crippen molar-refractivity contribution in [1.29, 1.82) is 0 Å². The molecule has 1 aromatic carbocycles. The summed E-state index contributed by atoms with van der Waals surface area (Å²) in [7, 11) is 0. The molecule has 0 unspecified atom stereocenters. The molecule has 10 heavy (non-hydrogen) atoms. The third kappa shape index (κ3) is 1.95. The molecule has 0 aliphatic carbocycles. The van der Waals surface area contributed by atoms with Crippen molar-refractivity contribution in [3.05, 3.63) is 42.3 Å².